The Morgan fingerprint density at radius 1 is 1.56 bits per heavy atom. The maximum atomic E-state index is 10.3. The summed E-state index contributed by atoms with van der Waals surface area (Å²) < 4.78 is 0.689. The van der Waals surface area contributed by atoms with E-state index in [4.69, 9.17) is 5.11 Å². The van der Waals surface area contributed by atoms with Gasteiger partial charge in [-0.15, -0.1) is 10.2 Å². The zero-order valence-electron chi connectivity index (χ0n) is 9.27. The predicted molar refractivity (Wildman–Crippen MR) is 66.2 cm³/mol. The summed E-state index contributed by atoms with van der Waals surface area (Å²) in [5.41, 5.74) is 0. The lowest BCUT2D eigenvalue weighted by atomic mass is 10.1. The number of carboxylic acid groups (broad SMARTS) is 1. The van der Waals surface area contributed by atoms with Crippen LogP contribution < -0.4 is 5.32 Å². The van der Waals surface area contributed by atoms with Crippen molar-refractivity contribution in [2.75, 3.05) is 17.6 Å². The summed E-state index contributed by atoms with van der Waals surface area (Å²) in [5, 5.41) is 20.3. The molecule has 0 aliphatic rings. The van der Waals surface area contributed by atoms with E-state index < -0.39 is 5.97 Å². The molecule has 5 nitrogen and oxygen atoms in total. The van der Waals surface area contributed by atoms with Crippen LogP contribution in [0.3, 0.4) is 0 Å². The number of hydrogen-bond donors (Lipinski definition) is 2. The van der Waals surface area contributed by atoms with Crippen LogP contribution in [0.5, 0.6) is 0 Å². The minimum absolute atomic E-state index is 0.0284. The molecule has 0 bridgehead atoms. The molecule has 0 spiro atoms. The number of aromatic nitrogens is 2. The van der Waals surface area contributed by atoms with Crippen LogP contribution in [0.1, 0.15) is 20.3 Å². The van der Waals surface area contributed by atoms with Crippen molar-refractivity contribution in [1.82, 2.24) is 10.2 Å². The lowest BCUT2D eigenvalue weighted by Gasteiger charge is -2.03. The van der Waals surface area contributed by atoms with Crippen LogP contribution in [0, 0.1) is 5.92 Å². The Balaban J connectivity index is 2.30. The van der Waals surface area contributed by atoms with Crippen LogP contribution in [0.25, 0.3) is 0 Å². The summed E-state index contributed by atoms with van der Waals surface area (Å²) >= 11 is 2.59. The van der Waals surface area contributed by atoms with Crippen molar-refractivity contribution in [3.05, 3.63) is 0 Å². The predicted octanol–water partition coefficient (Wildman–Crippen LogP) is 2.17. The molecule has 7 heteroatoms. The summed E-state index contributed by atoms with van der Waals surface area (Å²) in [5.74, 6) is -0.156. The molecule has 0 atom stereocenters. The van der Waals surface area contributed by atoms with Gasteiger partial charge in [0.25, 0.3) is 0 Å². The smallest absolute Gasteiger partial charge is 0.313 e. The van der Waals surface area contributed by atoms with Gasteiger partial charge < -0.3 is 10.4 Å². The third-order valence-electron chi connectivity index (χ3n) is 1.72. The molecule has 0 fully saturated rings. The fraction of sp³-hybridized carbons (Fsp3) is 0.667. The second-order valence-electron chi connectivity index (χ2n) is 3.66. The molecule has 0 amide bonds. The van der Waals surface area contributed by atoms with Gasteiger partial charge in [-0.05, 0) is 12.3 Å². The first-order valence-electron chi connectivity index (χ1n) is 5.00. The van der Waals surface area contributed by atoms with E-state index in [1.54, 1.807) is 0 Å². The van der Waals surface area contributed by atoms with Crippen LogP contribution >= 0.6 is 23.1 Å². The summed E-state index contributed by atoms with van der Waals surface area (Å²) in [6.07, 6.45) is 1.08. The first kappa shape index (κ1) is 13.2. The minimum atomic E-state index is -0.838. The Bertz CT molecular complexity index is 341. The number of rotatable bonds is 7. The molecular formula is C9H15N3O2S2. The van der Waals surface area contributed by atoms with Crippen molar-refractivity contribution < 1.29 is 9.90 Å². The van der Waals surface area contributed by atoms with E-state index in [0.717, 1.165) is 18.1 Å². The molecular weight excluding hydrogens is 246 g/mol. The van der Waals surface area contributed by atoms with Gasteiger partial charge in [-0.25, -0.2) is 0 Å². The highest BCUT2D eigenvalue weighted by atomic mass is 32.2. The molecule has 0 saturated heterocycles. The van der Waals surface area contributed by atoms with Crippen LogP contribution in [0.15, 0.2) is 4.34 Å². The highest BCUT2D eigenvalue weighted by molar-refractivity contribution is 8.01. The molecule has 1 heterocycles. The molecule has 1 rings (SSSR count). The Hall–Kier alpha value is -0.820. The van der Waals surface area contributed by atoms with Gasteiger partial charge in [0.2, 0.25) is 5.13 Å². The van der Waals surface area contributed by atoms with Crippen molar-refractivity contribution in [2.45, 2.75) is 24.6 Å². The van der Waals surface area contributed by atoms with Gasteiger partial charge >= 0.3 is 5.97 Å². The molecule has 1 aromatic heterocycles. The van der Waals surface area contributed by atoms with Gasteiger partial charge in [-0.3, -0.25) is 4.79 Å². The first-order valence-corrected chi connectivity index (χ1v) is 6.80. The standard InChI is InChI=1S/C9H15N3O2S2/c1-6(2)3-4-10-8-11-12-9(16-8)15-5-7(13)14/h6H,3-5H2,1-2H3,(H,10,11)(H,13,14). The average Bonchev–Trinajstić information content (AvgIpc) is 2.62. The zero-order chi connectivity index (χ0) is 12.0. The number of nitrogens with one attached hydrogen (secondary N) is 1. The molecule has 2 N–H and O–H groups in total. The highest BCUT2D eigenvalue weighted by Gasteiger charge is 2.06. The third-order valence-corrected chi connectivity index (χ3v) is 3.72. The number of thioether (sulfide) groups is 1. The minimum Gasteiger partial charge on any atom is -0.481 e. The van der Waals surface area contributed by atoms with Crippen LogP contribution in [0.4, 0.5) is 5.13 Å². The lowest BCUT2D eigenvalue weighted by Crippen LogP contribution is -2.04. The second kappa shape index (κ2) is 6.70. The Kier molecular flexibility index (Phi) is 5.54. The van der Waals surface area contributed by atoms with E-state index in [0.29, 0.717) is 10.3 Å². The Morgan fingerprint density at radius 2 is 2.31 bits per heavy atom. The topological polar surface area (TPSA) is 75.1 Å². The van der Waals surface area contributed by atoms with E-state index in [9.17, 15) is 4.79 Å². The Morgan fingerprint density at radius 3 is 2.94 bits per heavy atom. The van der Waals surface area contributed by atoms with Crippen molar-refractivity contribution in [1.29, 1.82) is 0 Å². The van der Waals surface area contributed by atoms with E-state index in [2.05, 4.69) is 29.4 Å². The summed E-state index contributed by atoms with van der Waals surface area (Å²) in [7, 11) is 0. The Labute approximate surface area is 103 Å². The maximum absolute atomic E-state index is 10.3. The van der Waals surface area contributed by atoms with Crippen molar-refractivity contribution in [2.24, 2.45) is 5.92 Å². The van der Waals surface area contributed by atoms with Crippen LogP contribution in [-0.2, 0) is 4.79 Å². The van der Waals surface area contributed by atoms with Gasteiger partial charge in [-0.1, -0.05) is 36.9 Å². The largest absolute Gasteiger partial charge is 0.481 e. The van der Waals surface area contributed by atoms with Gasteiger partial charge in [0.05, 0.1) is 5.75 Å². The second-order valence-corrected chi connectivity index (χ2v) is 5.86. The fourth-order valence-corrected chi connectivity index (χ4v) is 2.43. The molecule has 0 radical (unpaired) electrons. The zero-order valence-corrected chi connectivity index (χ0v) is 10.9. The maximum Gasteiger partial charge on any atom is 0.313 e. The van der Waals surface area contributed by atoms with Gasteiger partial charge in [-0.2, -0.15) is 0 Å². The number of nitrogens with zero attached hydrogens (tertiary/aromatic N) is 2. The number of aliphatic carboxylic acids is 1. The quantitative estimate of drug-likeness (QED) is 0.733. The molecule has 0 aromatic carbocycles. The molecule has 0 aliphatic heterocycles. The van der Waals surface area contributed by atoms with E-state index >= 15 is 0 Å². The first-order chi connectivity index (χ1) is 7.58. The number of hydrogen-bond acceptors (Lipinski definition) is 6. The monoisotopic (exact) mass is 261 g/mol. The van der Waals surface area contributed by atoms with E-state index in [-0.39, 0.29) is 5.75 Å². The SMILES string of the molecule is CC(C)CCNc1nnc(SCC(=O)O)s1. The summed E-state index contributed by atoms with van der Waals surface area (Å²) in [6, 6.07) is 0. The fourth-order valence-electron chi connectivity index (χ4n) is 0.931. The van der Waals surface area contributed by atoms with E-state index in [1.807, 2.05) is 0 Å². The molecule has 0 aliphatic carbocycles. The van der Waals surface area contributed by atoms with E-state index in [1.165, 1.54) is 23.1 Å². The van der Waals surface area contributed by atoms with Crippen LogP contribution in [0.2, 0.25) is 0 Å². The summed E-state index contributed by atoms with van der Waals surface area (Å²) in [4.78, 5) is 10.3. The summed E-state index contributed by atoms with van der Waals surface area (Å²) in [6.45, 7) is 5.20. The van der Waals surface area contributed by atoms with Crippen molar-refractivity contribution in [3.63, 3.8) is 0 Å². The number of anilines is 1. The molecule has 0 unspecified atom stereocenters. The van der Waals surface area contributed by atoms with Gasteiger partial charge in [0.1, 0.15) is 0 Å². The number of carbonyl (C=O) groups is 1. The molecule has 0 saturated carbocycles. The van der Waals surface area contributed by atoms with Crippen LogP contribution in [-0.4, -0.2) is 33.6 Å². The highest BCUT2D eigenvalue weighted by Crippen LogP contribution is 2.25. The van der Waals surface area contributed by atoms with Crippen molar-refractivity contribution >= 4 is 34.2 Å². The van der Waals surface area contributed by atoms with Gasteiger partial charge in [0, 0.05) is 6.54 Å². The normalized spacial score (nSPS) is 10.7. The molecule has 1 aromatic rings. The number of carboxylic acids is 1. The molecule has 90 valence electrons. The average molecular weight is 261 g/mol. The lowest BCUT2D eigenvalue weighted by molar-refractivity contribution is -0.133. The third kappa shape index (κ3) is 5.32. The van der Waals surface area contributed by atoms with Crippen molar-refractivity contribution in [3.8, 4) is 0 Å². The van der Waals surface area contributed by atoms with Gasteiger partial charge in [0.15, 0.2) is 4.34 Å². The molecule has 16 heavy (non-hydrogen) atoms.